The minimum Gasteiger partial charge on any atom is -0.480 e. The molecule has 2 fully saturated rings. The quantitative estimate of drug-likeness (QED) is 0.646. The Labute approximate surface area is 77.3 Å². The molecule has 1 unspecified atom stereocenters. The first-order chi connectivity index (χ1) is 6.26. The van der Waals surface area contributed by atoms with E-state index < -0.39 is 11.5 Å². The van der Waals surface area contributed by atoms with E-state index in [1.165, 1.54) is 0 Å². The summed E-state index contributed by atoms with van der Waals surface area (Å²) in [6.45, 7) is 1.61. The average Bonchev–Trinajstić information content (AvgIpc) is 2.02. The van der Waals surface area contributed by atoms with E-state index in [9.17, 15) is 9.90 Å². The Kier molecular flexibility index (Phi) is 2.26. The van der Waals surface area contributed by atoms with Crippen LogP contribution in [0.25, 0.3) is 0 Å². The van der Waals surface area contributed by atoms with Gasteiger partial charge < -0.3 is 9.84 Å². The maximum atomic E-state index is 11.2. The fourth-order valence-corrected chi connectivity index (χ4v) is 2.11. The van der Waals surface area contributed by atoms with Crippen LogP contribution in [-0.4, -0.2) is 36.4 Å². The number of aliphatic carboxylic acids is 1. The number of rotatable bonds is 2. The number of carboxylic acid groups (broad SMARTS) is 1. The first kappa shape index (κ1) is 8.97. The van der Waals surface area contributed by atoms with Crippen LogP contribution in [0, 0.1) is 5.92 Å². The van der Waals surface area contributed by atoms with E-state index in [4.69, 9.17) is 4.74 Å². The molecule has 4 heteroatoms. The van der Waals surface area contributed by atoms with Gasteiger partial charge in [-0.3, -0.25) is 10.1 Å². The first-order valence-electron chi connectivity index (χ1n) is 4.82. The van der Waals surface area contributed by atoms with Gasteiger partial charge in [-0.25, -0.2) is 0 Å². The zero-order valence-electron chi connectivity index (χ0n) is 7.58. The summed E-state index contributed by atoms with van der Waals surface area (Å²) in [5.41, 5.74) is -0.781. The van der Waals surface area contributed by atoms with Crippen molar-refractivity contribution in [2.45, 2.75) is 24.8 Å². The van der Waals surface area contributed by atoms with E-state index in [0.29, 0.717) is 19.8 Å². The lowest BCUT2D eigenvalue weighted by atomic mass is 9.70. The van der Waals surface area contributed by atoms with E-state index in [1.807, 2.05) is 0 Å². The van der Waals surface area contributed by atoms with Gasteiger partial charge in [0.1, 0.15) is 5.54 Å². The smallest absolute Gasteiger partial charge is 0.326 e. The summed E-state index contributed by atoms with van der Waals surface area (Å²) in [7, 11) is 0. The Bertz CT molecular complexity index is 207. The van der Waals surface area contributed by atoms with Crippen molar-refractivity contribution in [2.24, 2.45) is 5.92 Å². The van der Waals surface area contributed by atoms with Crippen molar-refractivity contribution in [3.63, 3.8) is 0 Å². The second-order valence-electron chi connectivity index (χ2n) is 3.88. The van der Waals surface area contributed by atoms with E-state index in [1.54, 1.807) is 0 Å². The van der Waals surface area contributed by atoms with E-state index >= 15 is 0 Å². The van der Waals surface area contributed by atoms with Crippen LogP contribution >= 0.6 is 0 Å². The van der Waals surface area contributed by atoms with Gasteiger partial charge in [0.05, 0.1) is 13.2 Å². The number of nitrogens with one attached hydrogen (secondary N) is 1. The third-order valence-corrected chi connectivity index (χ3v) is 3.20. The molecule has 13 heavy (non-hydrogen) atoms. The first-order valence-corrected chi connectivity index (χ1v) is 4.82. The van der Waals surface area contributed by atoms with E-state index in [0.717, 1.165) is 19.3 Å². The maximum absolute atomic E-state index is 11.2. The van der Waals surface area contributed by atoms with Crippen LogP contribution in [0.5, 0.6) is 0 Å². The molecule has 2 N–H and O–H groups in total. The van der Waals surface area contributed by atoms with Gasteiger partial charge in [-0.05, 0) is 18.8 Å². The van der Waals surface area contributed by atoms with Crippen molar-refractivity contribution < 1.29 is 14.6 Å². The Morgan fingerprint density at radius 3 is 2.69 bits per heavy atom. The van der Waals surface area contributed by atoms with Gasteiger partial charge in [0.2, 0.25) is 0 Å². The van der Waals surface area contributed by atoms with Gasteiger partial charge in [0, 0.05) is 6.54 Å². The largest absolute Gasteiger partial charge is 0.480 e. The van der Waals surface area contributed by atoms with Crippen molar-refractivity contribution in [1.82, 2.24) is 5.32 Å². The lowest BCUT2D eigenvalue weighted by Crippen LogP contribution is -2.65. The molecule has 1 atom stereocenters. The van der Waals surface area contributed by atoms with Gasteiger partial charge >= 0.3 is 5.97 Å². The number of ether oxygens (including phenoxy) is 1. The van der Waals surface area contributed by atoms with Crippen LogP contribution in [0.2, 0.25) is 0 Å². The van der Waals surface area contributed by atoms with Crippen molar-refractivity contribution in [3.8, 4) is 0 Å². The number of carboxylic acids is 1. The summed E-state index contributed by atoms with van der Waals surface area (Å²) in [4.78, 5) is 11.2. The van der Waals surface area contributed by atoms with Gasteiger partial charge in [-0.15, -0.1) is 0 Å². The Morgan fingerprint density at radius 2 is 2.31 bits per heavy atom. The second-order valence-corrected chi connectivity index (χ2v) is 3.88. The number of carbonyl (C=O) groups is 1. The van der Waals surface area contributed by atoms with Gasteiger partial charge in [0.15, 0.2) is 0 Å². The minimum absolute atomic E-state index is 0.269. The highest BCUT2D eigenvalue weighted by Gasteiger charge is 2.49. The molecule has 0 radical (unpaired) electrons. The van der Waals surface area contributed by atoms with E-state index in [2.05, 4.69) is 5.32 Å². The predicted octanol–water partition coefficient (Wildman–Crippen LogP) is 0.230. The SMILES string of the molecule is O=C(O)C1(C2CCC2)COCCN1. The second kappa shape index (κ2) is 3.27. The molecular weight excluding hydrogens is 170 g/mol. The van der Waals surface area contributed by atoms with Crippen molar-refractivity contribution in [3.05, 3.63) is 0 Å². The van der Waals surface area contributed by atoms with Gasteiger partial charge in [-0.1, -0.05) is 6.42 Å². The molecular formula is C9H15NO3. The molecule has 2 rings (SSSR count). The summed E-state index contributed by atoms with van der Waals surface area (Å²) in [6, 6.07) is 0. The standard InChI is InChI=1S/C9H15NO3/c11-8(12)9(7-2-1-3-7)6-13-5-4-10-9/h7,10H,1-6H2,(H,11,12). The summed E-state index contributed by atoms with van der Waals surface area (Å²) in [5, 5.41) is 12.3. The molecule has 74 valence electrons. The molecule has 1 saturated heterocycles. The van der Waals surface area contributed by atoms with Crippen LogP contribution < -0.4 is 5.32 Å². The summed E-state index contributed by atoms with van der Waals surface area (Å²) < 4.78 is 5.26. The van der Waals surface area contributed by atoms with Gasteiger partial charge in [0.25, 0.3) is 0 Å². The summed E-state index contributed by atoms with van der Waals surface area (Å²) >= 11 is 0. The Hall–Kier alpha value is -0.610. The molecule has 0 amide bonds. The summed E-state index contributed by atoms with van der Waals surface area (Å²) in [5.74, 6) is -0.484. The lowest BCUT2D eigenvalue weighted by molar-refractivity contribution is -0.156. The van der Waals surface area contributed by atoms with E-state index in [-0.39, 0.29) is 5.92 Å². The molecule has 2 aliphatic rings. The molecule has 0 aromatic rings. The maximum Gasteiger partial charge on any atom is 0.326 e. The fraction of sp³-hybridized carbons (Fsp3) is 0.889. The van der Waals surface area contributed by atoms with Crippen molar-refractivity contribution >= 4 is 5.97 Å². The average molecular weight is 185 g/mol. The summed E-state index contributed by atoms with van der Waals surface area (Å²) in [6.07, 6.45) is 3.19. The molecule has 0 bridgehead atoms. The molecule has 1 heterocycles. The van der Waals surface area contributed by atoms with Crippen molar-refractivity contribution in [2.75, 3.05) is 19.8 Å². The Balaban J connectivity index is 2.12. The molecule has 1 aliphatic heterocycles. The third-order valence-electron chi connectivity index (χ3n) is 3.20. The Morgan fingerprint density at radius 1 is 1.54 bits per heavy atom. The highest BCUT2D eigenvalue weighted by molar-refractivity contribution is 5.79. The highest BCUT2D eigenvalue weighted by Crippen LogP contribution is 2.37. The molecule has 4 nitrogen and oxygen atoms in total. The van der Waals surface area contributed by atoms with Crippen molar-refractivity contribution in [1.29, 1.82) is 0 Å². The third kappa shape index (κ3) is 1.34. The number of hydrogen-bond donors (Lipinski definition) is 2. The van der Waals surface area contributed by atoms with Crippen LogP contribution in [-0.2, 0) is 9.53 Å². The number of hydrogen-bond acceptors (Lipinski definition) is 3. The minimum atomic E-state index is -0.781. The van der Waals surface area contributed by atoms with Gasteiger partial charge in [-0.2, -0.15) is 0 Å². The van der Waals surface area contributed by atoms with Crippen LogP contribution in [0.1, 0.15) is 19.3 Å². The monoisotopic (exact) mass is 185 g/mol. The molecule has 0 aromatic heterocycles. The molecule has 0 aromatic carbocycles. The van der Waals surface area contributed by atoms with Crippen LogP contribution in [0.3, 0.4) is 0 Å². The van der Waals surface area contributed by atoms with Crippen LogP contribution in [0.4, 0.5) is 0 Å². The topological polar surface area (TPSA) is 58.6 Å². The lowest BCUT2D eigenvalue weighted by Gasteiger charge is -2.44. The fourth-order valence-electron chi connectivity index (χ4n) is 2.11. The zero-order chi connectivity index (χ0) is 9.31. The molecule has 0 spiro atoms. The molecule has 1 saturated carbocycles. The van der Waals surface area contributed by atoms with Crippen LogP contribution in [0.15, 0.2) is 0 Å². The molecule has 1 aliphatic carbocycles. The predicted molar refractivity (Wildman–Crippen MR) is 46.5 cm³/mol. The zero-order valence-corrected chi connectivity index (χ0v) is 7.58. The normalized spacial score (nSPS) is 35.4. The highest BCUT2D eigenvalue weighted by atomic mass is 16.5. The number of morpholine rings is 1.